The van der Waals surface area contributed by atoms with Gasteiger partial charge in [-0.15, -0.1) is 0 Å². The first kappa shape index (κ1) is 16.2. The molecular weight excluding hydrogens is 370 g/mol. The zero-order valence-electron chi connectivity index (χ0n) is 12.7. The van der Waals surface area contributed by atoms with Gasteiger partial charge in [-0.2, -0.15) is 0 Å². The summed E-state index contributed by atoms with van der Waals surface area (Å²) in [5.41, 5.74) is 1.09. The average molecular weight is 384 g/mol. The molecule has 4 nitrogen and oxygen atoms in total. The van der Waals surface area contributed by atoms with Crippen LogP contribution in [0.3, 0.4) is 0 Å². The first-order valence-corrected chi connectivity index (χ1v) is 8.11. The van der Waals surface area contributed by atoms with E-state index in [0.29, 0.717) is 23.3 Å². The van der Waals surface area contributed by atoms with Gasteiger partial charge >= 0.3 is 0 Å². The largest absolute Gasteiger partial charge is 0.483 e. The van der Waals surface area contributed by atoms with E-state index in [1.165, 1.54) is 0 Å². The summed E-state index contributed by atoms with van der Waals surface area (Å²) in [6, 6.07) is 18.7. The van der Waals surface area contributed by atoms with Gasteiger partial charge in [-0.25, -0.2) is 0 Å². The monoisotopic (exact) mass is 383 g/mol. The fourth-order valence-electron chi connectivity index (χ4n) is 2.35. The number of halogens is 1. The summed E-state index contributed by atoms with van der Waals surface area (Å²) in [5.74, 6) is 0.0897. The van der Waals surface area contributed by atoms with Gasteiger partial charge in [0.1, 0.15) is 5.75 Å². The molecule has 0 aromatic heterocycles. The average Bonchev–Trinajstić information content (AvgIpc) is 2.60. The van der Waals surface area contributed by atoms with E-state index in [9.17, 15) is 9.59 Å². The van der Waals surface area contributed by atoms with Gasteiger partial charge in [0, 0.05) is 10.2 Å². The second-order valence-corrected chi connectivity index (χ2v) is 6.11. The summed E-state index contributed by atoms with van der Waals surface area (Å²) in [6.07, 6.45) is 0.696. The SMILES string of the molecule is O=Cc1cc(Br)ccc1OCC(=O)Nc1ccc2ccccc2c1. The van der Waals surface area contributed by atoms with Crippen molar-refractivity contribution in [2.45, 2.75) is 0 Å². The molecule has 5 heteroatoms. The van der Waals surface area contributed by atoms with Crippen molar-refractivity contribution in [2.24, 2.45) is 0 Å². The van der Waals surface area contributed by atoms with Crippen molar-refractivity contribution in [3.8, 4) is 5.75 Å². The minimum absolute atomic E-state index is 0.171. The van der Waals surface area contributed by atoms with Gasteiger partial charge in [-0.3, -0.25) is 9.59 Å². The van der Waals surface area contributed by atoms with E-state index in [2.05, 4.69) is 21.2 Å². The zero-order chi connectivity index (χ0) is 16.9. The molecule has 0 fully saturated rings. The number of carbonyl (C=O) groups excluding carboxylic acids is 2. The maximum absolute atomic E-state index is 12.1. The Morgan fingerprint density at radius 2 is 1.83 bits per heavy atom. The highest BCUT2D eigenvalue weighted by Gasteiger charge is 2.08. The standard InChI is InChI=1S/C19H14BrNO3/c20-16-6-8-18(15(9-16)11-22)24-12-19(23)21-17-7-5-13-3-1-2-4-14(13)10-17/h1-11H,12H2,(H,21,23). The molecule has 0 aliphatic carbocycles. The van der Waals surface area contributed by atoms with Crippen LogP contribution in [0.2, 0.25) is 0 Å². The van der Waals surface area contributed by atoms with Crippen LogP contribution >= 0.6 is 15.9 Å². The van der Waals surface area contributed by atoms with Gasteiger partial charge in [0.15, 0.2) is 12.9 Å². The Kier molecular flexibility index (Phi) is 4.91. The Morgan fingerprint density at radius 1 is 1.04 bits per heavy atom. The van der Waals surface area contributed by atoms with Gasteiger partial charge in [0.25, 0.3) is 5.91 Å². The predicted octanol–water partition coefficient (Wildman–Crippen LogP) is 4.43. The van der Waals surface area contributed by atoms with Gasteiger partial charge in [-0.05, 0) is 41.1 Å². The summed E-state index contributed by atoms with van der Waals surface area (Å²) < 4.78 is 6.22. The molecule has 0 aliphatic rings. The number of hydrogen-bond donors (Lipinski definition) is 1. The molecule has 0 radical (unpaired) electrons. The van der Waals surface area contributed by atoms with E-state index < -0.39 is 0 Å². The predicted molar refractivity (Wildman–Crippen MR) is 97.6 cm³/mol. The molecule has 0 atom stereocenters. The van der Waals surface area contributed by atoms with Crippen molar-refractivity contribution in [1.82, 2.24) is 0 Å². The number of benzene rings is 3. The summed E-state index contributed by atoms with van der Waals surface area (Å²) in [4.78, 5) is 23.1. The van der Waals surface area contributed by atoms with Crippen molar-refractivity contribution < 1.29 is 14.3 Å². The van der Waals surface area contributed by atoms with Gasteiger partial charge in [0.2, 0.25) is 0 Å². The number of amides is 1. The molecule has 0 saturated carbocycles. The number of aldehydes is 1. The second kappa shape index (κ2) is 7.27. The van der Waals surface area contributed by atoms with Crippen molar-refractivity contribution in [1.29, 1.82) is 0 Å². The molecule has 1 N–H and O–H groups in total. The fraction of sp³-hybridized carbons (Fsp3) is 0.0526. The quantitative estimate of drug-likeness (QED) is 0.662. The molecule has 0 bridgehead atoms. The Labute approximate surface area is 147 Å². The number of nitrogens with one attached hydrogen (secondary N) is 1. The molecule has 3 aromatic carbocycles. The van der Waals surface area contributed by atoms with Crippen LogP contribution in [0.1, 0.15) is 10.4 Å². The van der Waals surface area contributed by atoms with E-state index in [1.807, 2.05) is 42.5 Å². The molecule has 3 aromatic rings. The Balaban J connectivity index is 1.66. The zero-order valence-corrected chi connectivity index (χ0v) is 14.2. The molecule has 3 rings (SSSR count). The number of fused-ring (bicyclic) bond motifs is 1. The lowest BCUT2D eigenvalue weighted by Crippen LogP contribution is -2.20. The highest BCUT2D eigenvalue weighted by atomic mass is 79.9. The molecule has 120 valence electrons. The van der Waals surface area contributed by atoms with Gasteiger partial charge < -0.3 is 10.1 Å². The maximum atomic E-state index is 12.1. The third kappa shape index (κ3) is 3.81. The van der Waals surface area contributed by atoms with Crippen LogP contribution in [0.4, 0.5) is 5.69 Å². The van der Waals surface area contributed by atoms with Crippen molar-refractivity contribution in [3.63, 3.8) is 0 Å². The van der Waals surface area contributed by atoms with Crippen LogP contribution in [-0.2, 0) is 4.79 Å². The van der Waals surface area contributed by atoms with E-state index in [-0.39, 0.29) is 12.5 Å². The van der Waals surface area contributed by atoms with E-state index in [1.54, 1.807) is 18.2 Å². The molecule has 0 aliphatic heterocycles. The number of hydrogen-bond acceptors (Lipinski definition) is 3. The number of ether oxygens (including phenoxy) is 1. The van der Waals surface area contributed by atoms with Crippen LogP contribution in [0.15, 0.2) is 65.1 Å². The third-order valence-electron chi connectivity index (χ3n) is 3.49. The van der Waals surface area contributed by atoms with Crippen LogP contribution in [0.5, 0.6) is 5.75 Å². The van der Waals surface area contributed by atoms with E-state index in [4.69, 9.17) is 4.74 Å². The normalized spacial score (nSPS) is 10.4. The maximum Gasteiger partial charge on any atom is 0.262 e. The number of anilines is 1. The summed E-state index contributed by atoms with van der Waals surface area (Å²) in [6.45, 7) is -0.171. The molecule has 0 saturated heterocycles. The summed E-state index contributed by atoms with van der Waals surface area (Å²) in [7, 11) is 0. The van der Waals surface area contributed by atoms with Crippen molar-refractivity contribution >= 4 is 44.6 Å². The third-order valence-corrected chi connectivity index (χ3v) is 3.98. The lowest BCUT2D eigenvalue weighted by Gasteiger charge is -2.10. The highest BCUT2D eigenvalue weighted by molar-refractivity contribution is 9.10. The highest BCUT2D eigenvalue weighted by Crippen LogP contribution is 2.22. The first-order valence-electron chi connectivity index (χ1n) is 7.32. The molecule has 0 spiro atoms. The summed E-state index contributed by atoms with van der Waals surface area (Å²) in [5, 5.41) is 4.95. The van der Waals surface area contributed by atoms with Crippen LogP contribution in [0.25, 0.3) is 10.8 Å². The molecule has 1 amide bonds. The number of carbonyl (C=O) groups is 2. The minimum atomic E-state index is -0.287. The summed E-state index contributed by atoms with van der Waals surface area (Å²) >= 11 is 3.29. The van der Waals surface area contributed by atoms with E-state index >= 15 is 0 Å². The van der Waals surface area contributed by atoms with Gasteiger partial charge in [0.05, 0.1) is 5.56 Å². The first-order chi connectivity index (χ1) is 11.7. The molecule has 0 heterocycles. The smallest absolute Gasteiger partial charge is 0.262 e. The molecule has 0 unspecified atom stereocenters. The van der Waals surface area contributed by atoms with Crippen molar-refractivity contribution in [3.05, 3.63) is 70.7 Å². The van der Waals surface area contributed by atoms with Crippen molar-refractivity contribution in [2.75, 3.05) is 11.9 Å². The van der Waals surface area contributed by atoms with Crippen LogP contribution in [0, 0.1) is 0 Å². The topological polar surface area (TPSA) is 55.4 Å². The second-order valence-electron chi connectivity index (χ2n) is 5.20. The van der Waals surface area contributed by atoms with Gasteiger partial charge in [-0.1, -0.05) is 46.3 Å². The lowest BCUT2D eigenvalue weighted by molar-refractivity contribution is -0.118. The number of rotatable bonds is 5. The Morgan fingerprint density at radius 3 is 2.62 bits per heavy atom. The fourth-order valence-corrected chi connectivity index (χ4v) is 2.73. The van der Waals surface area contributed by atoms with Crippen LogP contribution in [-0.4, -0.2) is 18.8 Å². The molecular formula is C19H14BrNO3. The molecule has 24 heavy (non-hydrogen) atoms. The Hall–Kier alpha value is -2.66. The van der Waals surface area contributed by atoms with Crippen LogP contribution < -0.4 is 10.1 Å². The Bertz CT molecular complexity index is 908. The van der Waals surface area contributed by atoms with E-state index in [0.717, 1.165) is 15.2 Å². The minimum Gasteiger partial charge on any atom is -0.483 e. The lowest BCUT2D eigenvalue weighted by atomic mass is 10.1.